The number of piperidine rings is 1. The van der Waals surface area contributed by atoms with Gasteiger partial charge in [0, 0.05) is 30.3 Å². The van der Waals surface area contributed by atoms with Gasteiger partial charge in [0.15, 0.2) is 0 Å². The number of halogens is 1. The Hall–Kier alpha value is -3.26. The zero-order valence-corrected chi connectivity index (χ0v) is 16.1. The van der Waals surface area contributed by atoms with Crippen molar-refractivity contribution in [1.82, 2.24) is 15.0 Å². The maximum Gasteiger partial charge on any atom is 0.288 e. The van der Waals surface area contributed by atoms with Crippen LogP contribution in [0.2, 0.25) is 5.02 Å². The first-order valence-corrected chi connectivity index (χ1v) is 9.53. The van der Waals surface area contributed by atoms with E-state index in [2.05, 4.69) is 10.1 Å². The highest BCUT2D eigenvalue weighted by molar-refractivity contribution is 6.32. The lowest BCUT2D eigenvalue weighted by Crippen LogP contribution is -2.39. The molecule has 0 bridgehead atoms. The minimum absolute atomic E-state index is 0.00220. The number of carbonyl (C=O) groups is 1. The number of nitrogens with zero attached hydrogens (tertiary/aromatic N) is 4. The Morgan fingerprint density at radius 1 is 1.24 bits per heavy atom. The monoisotopic (exact) mass is 412 g/mol. The number of hydrogen-bond acceptors (Lipinski definition) is 6. The fourth-order valence-electron chi connectivity index (χ4n) is 3.44. The molecule has 4 rings (SSSR count). The largest absolute Gasteiger partial charge is 0.339 e. The molecule has 0 saturated carbocycles. The van der Waals surface area contributed by atoms with Crippen LogP contribution in [0.5, 0.6) is 0 Å². The fourth-order valence-corrected chi connectivity index (χ4v) is 3.62. The van der Waals surface area contributed by atoms with E-state index >= 15 is 0 Å². The first kappa shape index (κ1) is 19.1. The molecule has 1 saturated heterocycles. The SMILES string of the molecule is O=C(c1ccc(Cl)c([N+](=O)[O-])c1)N1CCCC(c2nc(-c3ccccc3)no2)C1. The fraction of sp³-hybridized carbons (Fsp3) is 0.250. The van der Waals surface area contributed by atoms with Crippen molar-refractivity contribution in [3.8, 4) is 11.4 Å². The van der Waals surface area contributed by atoms with E-state index in [1.807, 2.05) is 30.3 Å². The summed E-state index contributed by atoms with van der Waals surface area (Å²) in [4.78, 5) is 29.5. The van der Waals surface area contributed by atoms with Crippen molar-refractivity contribution >= 4 is 23.2 Å². The van der Waals surface area contributed by atoms with Crippen LogP contribution in [-0.4, -0.2) is 39.0 Å². The Morgan fingerprint density at radius 2 is 2.03 bits per heavy atom. The maximum atomic E-state index is 12.9. The van der Waals surface area contributed by atoms with Crippen LogP contribution in [0.1, 0.15) is 35.0 Å². The Balaban J connectivity index is 1.52. The van der Waals surface area contributed by atoms with Crippen LogP contribution in [0.15, 0.2) is 53.1 Å². The van der Waals surface area contributed by atoms with Crippen LogP contribution >= 0.6 is 11.6 Å². The summed E-state index contributed by atoms with van der Waals surface area (Å²) in [6.45, 7) is 0.969. The zero-order valence-electron chi connectivity index (χ0n) is 15.3. The van der Waals surface area contributed by atoms with Crippen LogP contribution in [-0.2, 0) is 0 Å². The molecule has 2 aromatic carbocycles. The summed E-state index contributed by atoms with van der Waals surface area (Å²) in [6, 6.07) is 13.6. The number of nitro benzene ring substituents is 1. The number of rotatable bonds is 4. The van der Waals surface area contributed by atoms with Gasteiger partial charge in [-0.1, -0.05) is 47.1 Å². The Bertz CT molecular complexity index is 1050. The summed E-state index contributed by atoms with van der Waals surface area (Å²) >= 11 is 5.84. The van der Waals surface area contributed by atoms with E-state index in [1.165, 1.54) is 18.2 Å². The molecule has 0 spiro atoms. The number of benzene rings is 2. The molecule has 0 aliphatic carbocycles. The van der Waals surface area contributed by atoms with Crippen LogP contribution in [0.3, 0.4) is 0 Å². The first-order chi connectivity index (χ1) is 14.0. The summed E-state index contributed by atoms with van der Waals surface area (Å²) in [7, 11) is 0. The van der Waals surface area contributed by atoms with Gasteiger partial charge in [0.25, 0.3) is 11.6 Å². The smallest absolute Gasteiger partial charge is 0.288 e. The lowest BCUT2D eigenvalue weighted by atomic mass is 9.97. The quantitative estimate of drug-likeness (QED) is 0.467. The van der Waals surface area contributed by atoms with E-state index in [1.54, 1.807) is 4.90 Å². The number of hydrogen-bond donors (Lipinski definition) is 0. The zero-order chi connectivity index (χ0) is 20.4. The molecule has 1 unspecified atom stereocenters. The predicted molar refractivity (Wildman–Crippen MR) is 106 cm³/mol. The first-order valence-electron chi connectivity index (χ1n) is 9.15. The number of nitro groups is 1. The minimum Gasteiger partial charge on any atom is -0.339 e. The lowest BCUT2D eigenvalue weighted by molar-refractivity contribution is -0.384. The number of likely N-dealkylation sites (tertiary alicyclic amines) is 1. The molecule has 29 heavy (non-hydrogen) atoms. The molecule has 9 heteroatoms. The minimum atomic E-state index is -0.596. The van der Waals surface area contributed by atoms with Crippen molar-refractivity contribution in [3.63, 3.8) is 0 Å². The van der Waals surface area contributed by atoms with Crippen LogP contribution in [0, 0.1) is 10.1 Å². The normalized spacial score (nSPS) is 16.6. The third kappa shape index (κ3) is 3.97. The molecule has 148 valence electrons. The highest BCUT2D eigenvalue weighted by Crippen LogP contribution is 2.30. The topological polar surface area (TPSA) is 102 Å². The van der Waals surface area contributed by atoms with Gasteiger partial charge in [0.1, 0.15) is 5.02 Å². The third-order valence-corrected chi connectivity index (χ3v) is 5.24. The van der Waals surface area contributed by atoms with E-state index < -0.39 is 4.92 Å². The van der Waals surface area contributed by atoms with Gasteiger partial charge in [-0.25, -0.2) is 0 Å². The molecular weight excluding hydrogens is 396 g/mol. The second-order valence-corrected chi connectivity index (χ2v) is 7.24. The van der Waals surface area contributed by atoms with Crippen molar-refractivity contribution in [1.29, 1.82) is 0 Å². The Labute approximate surface area is 171 Å². The molecule has 8 nitrogen and oxygen atoms in total. The standard InChI is InChI=1S/C20H17ClN4O4/c21-16-9-8-14(11-17(16)25(27)28)20(26)24-10-4-7-15(12-24)19-22-18(23-29-19)13-5-2-1-3-6-13/h1-3,5-6,8-9,11,15H,4,7,10,12H2. The summed E-state index contributed by atoms with van der Waals surface area (Å²) in [5.41, 5.74) is 0.812. The van der Waals surface area contributed by atoms with Crippen molar-refractivity contribution in [2.75, 3.05) is 13.1 Å². The molecule has 1 aromatic heterocycles. The summed E-state index contributed by atoms with van der Waals surface area (Å²) in [5, 5.41) is 15.2. The number of carbonyl (C=O) groups excluding carboxylic acids is 1. The summed E-state index contributed by atoms with van der Waals surface area (Å²) in [6.07, 6.45) is 1.59. The second kappa shape index (κ2) is 8.00. The second-order valence-electron chi connectivity index (χ2n) is 6.84. The molecule has 1 amide bonds. The van der Waals surface area contributed by atoms with Gasteiger partial charge < -0.3 is 9.42 Å². The molecule has 1 atom stereocenters. The molecule has 1 aliphatic rings. The van der Waals surface area contributed by atoms with Gasteiger partial charge in [0.2, 0.25) is 11.7 Å². The molecule has 3 aromatic rings. The molecule has 1 fully saturated rings. The van der Waals surface area contributed by atoms with Gasteiger partial charge in [-0.3, -0.25) is 14.9 Å². The number of aromatic nitrogens is 2. The molecule has 0 N–H and O–H groups in total. The van der Waals surface area contributed by atoms with Gasteiger partial charge in [-0.05, 0) is 25.0 Å². The van der Waals surface area contributed by atoms with Crippen molar-refractivity contribution < 1.29 is 14.2 Å². The third-order valence-electron chi connectivity index (χ3n) is 4.92. The molecule has 2 heterocycles. The molecule has 1 aliphatic heterocycles. The van der Waals surface area contributed by atoms with E-state index in [0.717, 1.165) is 18.4 Å². The van der Waals surface area contributed by atoms with E-state index in [4.69, 9.17) is 16.1 Å². The lowest BCUT2D eigenvalue weighted by Gasteiger charge is -2.31. The Kier molecular flexibility index (Phi) is 5.26. The van der Waals surface area contributed by atoms with Crippen LogP contribution < -0.4 is 0 Å². The summed E-state index contributed by atoms with van der Waals surface area (Å²) < 4.78 is 5.45. The predicted octanol–water partition coefficient (Wildman–Crippen LogP) is 4.32. The van der Waals surface area contributed by atoms with Crippen molar-refractivity contribution in [2.24, 2.45) is 0 Å². The summed E-state index contributed by atoms with van der Waals surface area (Å²) in [5.74, 6) is 0.637. The number of amides is 1. The van der Waals surface area contributed by atoms with E-state index in [0.29, 0.717) is 24.8 Å². The van der Waals surface area contributed by atoms with Gasteiger partial charge >= 0.3 is 0 Å². The maximum absolute atomic E-state index is 12.9. The average Bonchev–Trinajstić information content (AvgIpc) is 3.24. The molecule has 0 radical (unpaired) electrons. The van der Waals surface area contributed by atoms with Crippen LogP contribution in [0.4, 0.5) is 5.69 Å². The average molecular weight is 413 g/mol. The highest BCUT2D eigenvalue weighted by Gasteiger charge is 2.30. The van der Waals surface area contributed by atoms with Crippen molar-refractivity contribution in [2.45, 2.75) is 18.8 Å². The van der Waals surface area contributed by atoms with Crippen LogP contribution in [0.25, 0.3) is 11.4 Å². The van der Waals surface area contributed by atoms with E-state index in [-0.39, 0.29) is 28.1 Å². The highest BCUT2D eigenvalue weighted by atomic mass is 35.5. The van der Waals surface area contributed by atoms with E-state index in [9.17, 15) is 14.9 Å². The van der Waals surface area contributed by atoms with Gasteiger partial charge in [0.05, 0.1) is 10.8 Å². The van der Waals surface area contributed by atoms with Crippen molar-refractivity contribution in [3.05, 3.63) is 75.1 Å². The molecular formula is C20H17ClN4O4. The van der Waals surface area contributed by atoms with Gasteiger partial charge in [-0.2, -0.15) is 4.98 Å². The van der Waals surface area contributed by atoms with Gasteiger partial charge in [-0.15, -0.1) is 0 Å². The Morgan fingerprint density at radius 3 is 2.79 bits per heavy atom.